The topological polar surface area (TPSA) is 60.2 Å². The van der Waals surface area contributed by atoms with Crippen LogP contribution < -0.4 is 10.1 Å². The quantitative estimate of drug-likeness (QED) is 0.889. The average molecular weight is 354 g/mol. The fourth-order valence-electron chi connectivity index (χ4n) is 1.72. The van der Waals surface area contributed by atoms with Gasteiger partial charge in [0, 0.05) is 29.0 Å². The molecule has 0 saturated carbocycles. The van der Waals surface area contributed by atoms with E-state index in [2.05, 4.69) is 52.2 Å². The summed E-state index contributed by atoms with van der Waals surface area (Å²) < 4.78 is 12.1. The van der Waals surface area contributed by atoms with E-state index in [0.717, 1.165) is 22.3 Å². The molecule has 114 valence electrons. The number of nitrogens with zero attached hydrogens (tertiary/aromatic N) is 2. The Labute approximate surface area is 133 Å². The fraction of sp³-hybridized carbons (Fsp3) is 0.467. The summed E-state index contributed by atoms with van der Waals surface area (Å²) >= 11 is 3.49. The van der Waals surface area contributed by atoms with E-state index in [0.29, 0.717) is 11.8 Å². The Bertz CT molecular complexity index is 605. The fourth-order valence-corrected chi connectivity index (χ4v) is 2.13. The number of hydrogen-bond donors (Lipinski definition) is 1. The summed E-state index contributed by atoms with van der Waals surface area (Å²) in [6.07, 6.45) is 0. The van der Waals surface area contributed by atoms with Gasteiger partial charge in [-0.2, -0.15) is 0 Å². The highest BCUT2D eigenvalue weighted by Gasteiger charge is 2.12. The average Bonchev–Trinajstić information content (AvgIpc) is 2.80. The molecule has 0 spiro atoms. The van der Waals surface area contributed by atoms with Crippen molar-refractivity contribution < 1.29 is 9.15 Å². The lowest BCUT2D eigenvalue weighted by molar-refractivity contribution is 0.256. The normalized spacial score (nSPS) is 11.7. The summed E-state index contributed by atoms with van der Waals surface area (Å²) in [7, 11) is 0. The highest BCUT2D eigenvalue weighted by Crippen LogP contribution is 2.24. The second kappa shape index (κ2) is 6.58. The van der Waals surface area contributed by atoms with Crippen molar-refractivity contribution in [3.63, 3.8) is 0 Å². The molecule has 0 aliphatic heterocycles. The zero-order valence-corrected chi connectivity index (χ0v) is 14.3. The van der Waals surface area contributed by atoms with Crippen LogP contribution in [0.2, 0.25) is 0 Å². The summed E-state index contributed by atoms with van der Waals surface area (Å²) in [5.41, 5.74) is 1.12. The summed E-state index contributed by atoms with van der Waals surface area (Å²) in [6.45, 7) is 9.15. The van der Waals surface area contributed by atoms with Gasteiger partial charge >= 0.3 is 0 Å². The van der Waals surface area contributed by atoms with Crippen LogP contribution in [0.4, 0.5) is 0 Å². The van der Waals surface area contributed by atoms with Gasteiger partial charge in [-0.25, -0.2) is 0 Å². The maximum absolute atomic E-state index is 5.80. The molecule has 0 unspecified atom stereocenters. The van der Waals surface area contributed by atoms with Crippen molar-refractivity contribution >= 4 is 15.9 Å². The minimum Gasteiger partial charge on any atom is -0.483 e. The maximum Gasteiger partial charge on any atom is 0.253 e. The van der Waals surface area contributed by atoms with Crippen LogP contribution in [0.5, 0.6) is 5.75 Å². The van der Waals surface area contributed by atoms with Crippen molar-refractivity contribution in [1.29, 1.82) is 0 Å². The lowest BCUT2D eigenvalue weighted by Gasteiger charge is -2.21. The van der Waals surface area contributed by atoms with Crippen molar-refractivity contribution in [2.45, 2.75) is 46.4 Å². The van der Waals surface area contributed by atoms with E-state index in [9.17, 15) is 0 Å². The molecular formula is C15H20BrN3O2. The minimum atomic E-state index is 0.0448. The summed E-state index contributed by atoms with van der Waals surface area (Å²) in [5, 5.41) is 11.2. The molecule has 1 N–H and O–H groups in total. The molecule has 0 aliphatic rings. The Balaban J connectivity index is 2.07. The molecule has 2 rings (SSSR count). The summed E-state index contributed by atoms with van der Waals surface area (Å²) in [5.74, 6) is 1.83. The van der Waals surface area contributed by atoms with E-state index < -0.39 is 0 Å². The first kappa shape index (κ1) is 16.0. The summed E-state index contributed by atoms with van der Waals surface area (Å²) in [4.78, 5) is 0. The lowest BCUT2D eigenvalue weighted by Crippen LogP contribution is -2.35. The number of aromatic nitrogens is 2. The molecule has 1 aromatic heterocycles. The zero-order chi connectivity index (χ0) is 15.5. The molecular weight excluding hydrogens is 334 g/mol. The van der Waals surface area contributed by atoms with Crippen molar-refractivity contribution in [1.82, 2.24) is 15.5 Å². The van der Waals surface area contributed by atoms with Crippen LogP contribution in [-0.4, -0.2) is 15.7 Å². The molecule has 5 nitrogen and oxygen atoms in total. The second-order valence-corrected chi connectivity index (χ2v) is 6.77. The number of aryl methyl sites for hydroxylation is 1. The number of benzene rings is 1. The molecule has 1 heterocycles. The number of nitrogens with one attached hydrogen (secondary N) is 1. The van der Waals surface area contributed by atoms with Gasteiger partial charge in [0.05, 0.1) is 0 Å². The van der Waals surface area contributed by atoms with Gasteiger partial charge in [0.25, 0.3) is 5.89 Å². The first-order valence-corrected chi connectivity index (χ1v) is 7.58. The van der Waals surface area contributed by atoms with Gasteiger partial charge in [0.2, 0.25) is 5.89 Å². The molecule has 0 fully saturated rings. The minimum absolute atomic E-state index is 0.0448. The van der Waals surface area contributed by atoms with E-state index in [1.165, 1.54) is 0 Å². The smallest absolute Gasteiger partial charge is 0.253 e. The van der Waals surface area contributed by atoms with E-state index in [4.69, 9.17) is 9.15 Å². The van der Waals surface area contributed by atoms with Crippen LogP contribution in [0.15, 0.2) is 27.1 Å². The van der Waals surface area contributed by atoms with Crippen molar-refractivity contribution in [2.24, 2.45) is 0 Å². The standard InChI is InChI=1S/C15H20BrN3O2/c1-10-18-19-14(21-10)9-20-13-6-5-12(16)7-11(13)8-17-15(2,3)4/h5-7,17H,8-9H2,1-4H3. The predicted molar refractivity (Wildman–Crippen MR) is 84.1 cm³/mol. The Morgan fingerprint density at radius 3 is 2.67 bits per heavy atom. The number of halogens is 1. The SMILES string of the molecule is Cc1nnc(COc2ccc(Br)cc2CNC(C)(C)C)o1. The lowest BCUT2D eigenvalue weighted by atomic mass is 10.1. The zero-order valence-electron chi connectivity index (χ0n) is 12.7. The van der Waals surface area contributed by atoms with E-state index in [1.54, 1.807) is 6.92 Å². The number of hydrogen-bond acceptors (Lipinski definition) is 5. The first-order chi connectivity index (χ1) is 9.83. The highest BCUT2D eigenvalue weighted by molar-refractivity contribution is 9.10. The molecule has 0 saturated heterocycles. The van der Waals surface area contributed by atoms with Gasteiger partial charge in [0.15, 0.2) is 6.61 Å². The van der Waals surface area contributed by atoms with Gasteiger partial charge < -0.3 is 14.5 Å². The van der Waals surface area contributed by atoms with Gasteiger partial charge in [-0.1, -0.05) is 15.9 Å². The predicted octanol–water partition coefficient (Wildman–Crippen LogP) is 3.61. The molecule has 0 aliphatic carbocycles. The van der Waals surface area contributed by atoms with Crippen LogP contribution in [0.1, 0.15) is 38.1 Å². The molecule has 1 aromatic carbocycles. The molecule has 2 aromatic rings. The third-order valence-electron chi connectivity index (χ3n) is 2.75. The Morgan fingerprint density at radius 2 is 2.05 bits per heavy atom. The van der Waals surface area contributed by atoms with Crippen molar-refractivity contribution in [3.8, 4) is 5.75 Å². The van der Waals surface area contributed by atoms with Crippen LogP contribution in [-0.2, 0) is 13.2 Å². The van der Waals surface area contributed by atoms with Crippen LogP contribution >= 0.6 is 15.9 Å². The Morgan fingerprint density at radius 1 is 1.29 bits per heavy atom. The second-order valence-electron chi connectivity index (χ2n) is 5.86. The third kappa shape index (κ3) is 5.13. The van der Waals surface area contributed by atoms with Crippen LogP contribution in [0.25, 0.3) is 0 Å². The molecule has 6 heteroatoms. The largest absolute Gasteiger partial charge is 0.483 e. The molecule has 0 atom stereocenters. The van der Waals surface area contributed by atoms with Gasteiger partial charge in [-0.3, -0.25) is 0 Å². The molecule has 0 amide bonds. The highest BCUT2D eigenvalue weighted by atomic mass is 79.9. The van der Waals surface area contributed by atoms with Gasteiger partial charge in [-0.05, 0) is 39.0 Å². The molecule has 0 bridgehead atoms. The van der Waals surface area contributed by atoms with Crippen LogP contribution in [0.3, 0.4) is 0 Å². The van der Waals surface area contributed by atoms with Crippen LogP contribution in [0, 0.1) is 6.92 Å². The summed E-state index contributed by atoms with van der Waals surface area (Å²) in [6, 6.07) is 5.94. The first-order valence-electron chi connectivity index (χ1n) is 6.79. The van der Waals surface area contributed by atoms with Crippen molar-refractivity contribution in [2.75, 3.05) is 0 Å². The third-order valence-corrected chi connectivity index (χ3v) is 3.24. The maximum atomic E-state index is 5.80. The number of ether oxygens (including phenoxy) is 1. The van der Waals surface area contributed by atoms with Crippen molar-refractivity contribution in [3.05, 3.63) is 40.0 Å². The monoisotopic (exact) mass is 353 g/mol. The van der Waals surface area contributed by atoms with E-state index in [1.807, 2.05) is 18.2 Å². The van der Waals surface area contributed by atoms with Gasteiger partial charge in [-0.15, -0.1) is 10.2 Å². The van der Waals surface area contributed by atoms with E-state index >= 15 is 0 Å². The molecule has 21 heavy (non-hydrogen) atoms. The van der Waals surface area contributed by atoms with Gasteiger partial charge in [0.1, 0.15) is 5.75 Å². The Hall–Kier alpha value is -1.40. The number of rotatable bonds is 5. The Kier molecular flexibility index (Phi) is 5.00. The molecule has 0 radical (unpaired) electrons. The van der Waals surface area contributed by atoms with E-state index in [-0.39, 0.29) is 12.1 Å².